The molecule has 0 fully saturated rings. The predicted octanol–water partition coefficient (Wildman–Crippen LogP) is 2.63. The summed E-state index contributed by atoms with van der Waals surface area (Å²) in [7, 11) is 1.98. The van der Waals surface area contributed by atoms with Crippen LogP contribution >= 0.6 is 15.9 Å². The van der Waals surface area contributed by atoms with Gasteiger partial charge in [0.05, 0.1) is 22.4 Å². The molecule has 1 heterocycles. The topological polar surface area (TPSA) is 29.9 Å². The zero-order chi connectivity index (χ0) is 10.6. The van der Waals surface area contributed by atoms with Gasteiger partial charge in [0, 0.05) is 7.05 Å². The summed E-state index contributed by atoms with van der Waals surface area (Å²) in [5, 5.41) is 7.74. The Kier molecular flexibility index (Phi) is 4.62. The highest BCUT2D eigenvalue weighted by atomic mass is 79.9. The monoisotopic (exact) mass is 259 g/mol. The Hall–Kier alpha value is -0.350. The van der Waals surface area contributed by atoms with E-state index in [0.29, 0.717) is 6.04 Å². The van der Waals surface area contributed by atoms with Gasteiger partial charge in [0.15, 0.2) is 0 Å². The number of nitrogens with one attached hydrogen (secondary N) is 1. The Bertz CT molecular complexity index is 263. The number of hydrogen-bond donors (Lipinski definition) is 1. The average molecular weight is 260 g/mol. The molecule has 0 aromatic carbocycles. The lowest BCUT2D eigenvalue weighted by molar-refractivity contribution is 0.482. The highest BCUT2D eigenvalue weighted by Gasteiger charge is 2.15. The van der Waals surface area contributed by atoms with Gasteiger partial charge in [-0.25, -0.2) is 0 Å². The van der Waals surface area contributed by atoms with Crippen LogP contribution in [0.3, 0.4) is 0 Å². The first kappa shape index (κ1) is 11.7. The summed E-state index contributed by atoms with van der Waals surface area (Å²) in [6.45, 7) is 5.42. The molecule has 1 atom stereocenters. The lowest BCUT2D eigenvalue weighted by Gasteiger charge is -2.17. The molecular weight excluding hydrogens is 242 g/mol. The van der Waals surface area contributed by atoms with E-state index in [1.54, 1.807) is 0 Å². The van der Waals surface area contributed by atoms with Gasteiger partial charge < -0.3 is 5.32 Å². The number of aromatic nitrogens is 2. The van der Waals surface area contributed by atoms with Gasteiger partial charge in [0.25, 0.3) is 0 Å². The van der Waals surface area contributed by atoms with Crippen molar-refractivity contribution in [3.8, 4) is 0 Å². The van der Waals surface area contributed by atoms with Crippen molar-refractivity contribution >= 4 is 15.9 Å². The third-order valence-electron chi connectivity index (χ3n) is 2.32. The highest BCUT2D eigenvalue weighted by Crippen LogP contribution is 2.24. The smallest absolute Gasteiger partial charge is 0.0692 e. The SMILES string of the molecule is CCCNC(CC)c1c(Br)cnn1C. The predicted molar refractivity (Wildman–Crippen MR) is 62.2 cm³/mol. The number of nitrogens with zero attached hydrogens (tertiary/aromatic N) is 2. The van der Waals surface area contributed by atoms with Gasteiger partial charge in [-0.15, -0.1) is 0 Å². The van der Waals surface area contributed by atoms with Gasteiger partial charge in [0.1, 0.15) is 0 Å². The molecule has 1 unspecified atom stereocenters. The minimum atomic E-state index is 0.400. The van der Waals surface area contributed by atoms with E-state index in [4.69, 9.17) is 0 Å². The minimum Gasteiger partial charge on any atom is -0.309 e. The fraction of sp³-hybridized carbons (Fsp3) is 0.700. The summed E-state index contributed by atoms with van der Waals surface area (Å²) in [4.78, 5) is 0. The normalized spacial score (nSPS) is 13.1. The second-order valence-electron chi connectivity index (χ2n) is 3.42. The minimum absolute atomic E-state index is 0.400. The summed E-state index contributed by atoms with van der Waals surface area (Å²) in [5.41, 5.74) is 1.24. The average Bonchev–Trinajstić information content (AvgIpc) is 2.50. The van der Waals surface area contributed by atoms with Crippen molar-refractivity contribution in [1.82, 2.24) is 15.1 Å². The van der Waals surface area contributed by atoms with E-state index in [1.807, 2.05) is 17.9 Å². The highest BCUT2D eigenvalue weighted by molar-refractivity contribution is 9.10. The van der Waals surface area contributed by atoms with E-state index >= 15 is 0 Å². The van der Waals surface area contributed by atoms with Crippen LogP contribution in [0, 0.1) is 0 Å². The molecule has 1 N–H and O–H groups in total. The molecule has 0 saturated carbocycles. The van der Waals surface area contributed by atoms with Gasteiger partial charge in [-0.1, -0.05) is 13.8 Å². The fourth-order valence-corrected chi connectivity index (χ4v) is 2.19. The largest absolute Gasteiger partial charge is 0.309 e. The maximum absolute atomic E-state index is 4.22. The molecule has 0 aliphatic carbocycles. The van der Waals surface area contributed by atoms with E-state index in [0.717, 1.165) is 23.9 Å². The molecule has 1 rings (SSSR count). The third kappa shape index (κ3) is 2.58. The van der Waals surface area contributed by atoms with Crippen LogP contribution in [-0.4, -0.2) is 16.3 Å². The van der Waals surface area contributed by atoms with Gasteiger partial charge in [-0.05, 0) is 35.3 Å². The second-order valence-corrected chi connectivity index (χ2v) is 4.27. The van der Waals surface area contributed by atoms with E-state index in [1.165, 1.54) is 5.69 Å². The molecule has 0 spiro atoms. The molecular formula is C10H18BrN3. The van der Waals surface area contributed by atoms with Gasteiger partial charge in [-0.3, -0.25) is 4.68 Å². The van der Waals surface area contributed by atoms with E-state index in [9.17, 15) is 0 Å². The zero-order valence-corrected chi connectivity index (χ0v) is 10.6. The van der Waals surface area contributed by atoms with Crippen molar-refractivity contribution in [1.29, 1.82) is 0 Å². The lowest BCUT2D eigenvalue weighted by atomic mass is 10.1. The molecule has 3 nitrogen and oxygen atoms in total. The summed E-state index contributed by atoms with van der Waals surface area (Å²) in [6, 6.07) is 0.400. The van der Waals surface area contributed by atoms with E-state index < -0.39 is 0 Å². The van der Waals surface area contributed by atoms with Gasteiger partial charge in [0.2, 0.25) is 0 Å². The van der Waals surface area contributed by atoms with Gasteiger partial charge >= 0.3 is 0 Å². The summed E-state index contributed by atoms with van der Waals surface area (Å²) < 4.78 is 3.02. The lowest BCUT2D eigenvalue weighted by Crippen LogP contribution is -2.23. The van der Waals surface area contributed by atoms with Crippen molar-refractivity contribution in [2.45, 2.75) is 32.7 Å². The molecule has 4 heteroatoms. The van der Waals surface area contributed by atoms with E-state index in [-0.39, 0.29) is 0 Å². The van der Waals surface area contributed by atoms with Crippen LogP contribution in [-0.2, 0) is 7.05 Å². The third-order valence-corrected chi connectivity index (χ3v) is 2.93. The number of rotatable bonds is 5. The molecule has 0 aliphatic rings. The number of hydrogen-bond acceptors (Lipinski definition) is 2. The molecule has 0 saturated heterocycles. The molecule has 1 aromatic rings. The molecule has 14 heavy (non-hydrogen) atoms. The molecule has 80 valence electrons. The van der Waals surface area contributed by atoms with Crippen LogP contribution in [0.1, 0.15) is 38.4 Å². The molecule has 0 amide bonds. The Morgan fingerprint density at radius 1 is 1.57 bits per heavy atom. The van der Waals surface area contributed by atoms with Gasteiger partial charge in [-0.2, -0.15) is 5.10 Å². The first-order valence-electron chi connectivity index (χ1n) is 5.11. The Morgan fingerprint density at radius 3 is 2.71 bits per heavy atom. The molecule has 1 aromatic heterocycles. The van der Waals surface area contributed by atoms with Crippen LogP contribution in [0.4, 0.5) is 0 Å². The van der Waals surface area contributed by atoms with E-state index in [2.05, 4.69) is 40.2 Å². The first-order valence-corrected chi connectivity index (χ1v) is 5.90. The second kappa shape index (κ2) is 5.51. The van der Waals surface area contributed by atoms with Crippen LogP contribution in [0.15, 0.2) is 10.7 Å². The molecule has 0 aliphatic heterocycles. The summed E-state index contributed by atoms with van der Waals surface area (Å²) in [6.07, 6.45) is 4.09. The number of halogens is 1. The maximum Gasteiger partial charge on any atom is 0.0692 e. The Morgan fingerprint density at radius 2 is 2.29 bits per heavy atom. The standard InChI is InChI=1S/C10H18BrN3/c1-4-6-12-9(5-2)10-8(11)7-13-14(10)3/h7,9,12H,4-6H2,1-3H3. The zero-order valence-electron chi connectivity index (χ0n) is 9.05. The Balaban J connectivity index is 2.77. The molecule has 0 radical (unpaired) electrons. The maximum atomic E-state index is 4.22. The van der Waals surface area contributed by atoms with Crippen LogP contribution in [0.2, 0.25) is 0 Å². The summed E-state index contributed by atoms with van der Waals surface area (Å²) >= 11 is 3.53. The molecule has 0 bridgehead atoms. The quantitative estimate of drug-likeness (QED) is 0.882. The summed E-state index contributed by atoms with van der Waals surface area (Å²) in [5.74, 6) is 0. The fourth-order valence-electron chi connectivity index (χ4n) is 1.57. The Labute approximate surface area is 94.0 Å². The van der Waals surface area contributed by atoms with Crippen LogP contribution < -0.4 is 5.32 Å². The van der Waals surface area contributed by atoms with Crippen LogP contribution in [0.25, 0.3) is 0 Å². The van der Waals surface area contributed by atoms with Crippen molar-refractivity contribution in [3.63, 3.8) is 0 Å². The van der Waals surface area contributed by atoms with Crippen molar-refractivity contribution in [3.05, 3.63) is 16.4 Å². The van der Waals surface area contributed by atoms with Crippen molar-refractivity contribution < 1.29 is 0 Å². The first-order chi connectivity index (χ1) is 6.70. The van der Waals surface area contributed by atoms with Crippen LogP contribution in [0.5, 0.6) is 0 Å². The number of aryl methyl sites for hydroxylation is 1. The van der Waals surface area contributed by atoms with Crippen molar-refractivity contribution in [2.24, 2.45) is 7.05 Å². The van der Waals surface area contributed by atoms with Crippen molar-refractivity contribution in [2.75, 3.05) is 6.54 Å².